The number of morpholine rings is 1. The number of hydrogen-bond acceptors (Lipinski definition) is 5. The number of nitrogens with one attached hydrogen (secondary N) is 2. The Kier molecular flexibility index (Phi) is 8.62. The van der Waals surface area contributed by atoms with Crippen molar-refractivity contribution in [1.82, 2.24) is 15.5 Å². The molecule has 2 N–H and O–H groups in total. The Bertz CT molecular complexity index is 500. The second kappa shape index (κ2) is 10.2. The molecule has 1 atom stereocenters. The second-order valence-corrected chi connectivity index (χ2v) is 7.92. The minimum Gasteiger partial charge on any atom is -0.379 e. The number of rotatable bonds is 5. The van der Waals surface area contributed by atoms with Crippen molar-refractivity contribution in [2.24, 2.45) is 4.99 Å². The van der Waals surface area contributed by atoms with Gasteiger partial charge in [0, 0.05) is 44.5 Å². The Balaban J connectivity index is 0.00000208. The summed E-state index contributed by atoms with van der Waals surface area (Å²) in [6, 6.07) is 2.15. The smallest absolute Gasteiger partial charge is 0.191 e. The molecule has 2 aliphatic heterocycles. The van der Waals surface area contributed by atoms with Crippen molar-refractivity contribution in [3.63, 3.8) is 0 Å². The van der Waals surface area contributed by atoms with Crippen LogP contribution in [0.2, 0.25) is 0 Å². The zero-order valence-corrected chi connectivity index (χ0v) is 18.1. The predicted molar refractivity (Wildman–Crippen MR) is 115 cm³/mol. The first-order valence-corrected chi connectivity index (χ1v) is 10.3. The van der Waals surface area contributed by atoms with Crippen LogP contribution in [0.1, 0.15) is 12.0 Å². The van der Waals surface area contributed by atoms with E-state index in [4.69, 9.17) is 4.74 Å². The van der Waals surface area contributed by atoms with Gasteiger partial charge in [0.1, 0.15) is 0 Å². The van der Waals surface area contributed by atoms with Gasteiger partial charge in [0.05, 0.1) is 13.2 Å². The molecule has 136 valence electrons. The first kappa shape index (κ1) is 20.3. The highest BCUT2D eigenvalue weighted by Crippen LogP contribution is 2.33. The van der Waals surface area contributed by atoms with Crippen molar-refractivity contribution in [3.8, 4) is 0 Å². The van der Waals surface area contributed by atoms with E-state index < -0.39 is 0 Å². The average molecular weight is 482 g/mol. The molecule has 2 fully saturated rings. The quantitative estimate of drug-likeness (QED) is 0.383. The molecule has 0 aromatic carbocycles. The first-order valence-electron chi connectivity index (χ1n) is 8.18. The van der Waals surface area contributed by atoms with E-state index in [1.165, 1.54) is 23.5 Å². The minimum atomic E-state index is 0. The number of halogens is 1. The van der Waals surface area contributed by atoms with Crippen LogP contribution in [0, 0.1) is 0 Å². The molecule has 24 heavy (non-hydrogen) atoms. The summed E-state index contributed by atoms with van der Waals surface area (Å²) in [6.45, 7) is 5.58. The standard InChI is InChI=1S/C16H26N4OS2.HI/c1-17-15(18-10-14-2-8-22-11-14)19-12-16(3-9-23-13-16)20-4-6-21-7-5-20;/h2,8,11H,3-7,9-10,12-13H2,1H3,(H2,17,18,19);1H. The van der Waals surface area contributed by atoms with Crippen molar-refractivity contribution in [2.45, 2.75) is 18.5 Å². The van der Waals surface area contributed by atoms with Gasteiger partial charge in [0.2, 0.25) is 0 Å². The van der Waals surface area contributed by atoms with Crippen molar-refractivity contribution in [2.75, 3.05) is 51.4 Å². The van der Waals surface area contributed by atoms with Gasteiger partial charge in [0.25, 0.3) is 0 Å². The van der Waals surface area contributed by atoms with Gasteiger partial charge < -0.3 is 15.4 Å². The minimum absolute atomic E-state index is 0. The summed E-state index contributed by atoms with van der Waals surface area (Å²) < 4.78 is 5.53. The second-order valence-electron chi connectivity index (χ2n) is 6.04. The highest BCUT2D eigenvalue weighted by Gasteiger charge is 2.40. The van der Waals surface area contributed by atoms with Gasteiger partial charge in [-0.2, -0.15) is 23.1 Å². The predicted octanol–water partition coefficient (Wildman–Crippen LogP) is 2.24. The Labute approximate surface area is 170 Å². The van der Waals surface area contributed by atoms with Crippen LogP contribution in [0.15, 0.2) is 21.8 Å². The molecule has 5 nitrogen and oxygen atoms in total. The number of thiophene rings is 1. The van der Waals surface area contributed by atoms with Crippen molar-refractivity contribution in [3.05, 3.63) is 22.4 Å². The fourth-order valence-electron chi connectivity index (χ4n) is 3.18. The lowest BCUT2D eigenvalue weighted by atomic mass is 9.95. The maximum atomic E-state index is 5.53. The molecule has 3 rings (SSSR count). The number of ether oxygens (including phenoxy) is 1. The molecule has 0 aliphatic carbocycles. The van der Waals surface area contributed by atoms with E-state index in [1.54, 1.807) is 11.3 Å². The van der Waals surface area contributed by atoms with Crippen LogP contribution in [-0.2, 0) is 11.3 Å². The van der Waals surface area contributed by atoms with Crippen LogP contribution in [0.25, 0.3) is 0 Å². The third kappa shape index (κ3) is 5.23. The van der Waals surface area contributed by atoms with E-state index in [0.29, 0.717) is 0 Å². The van der Waals surface area contributed by atoms with Crippen LogP contribution < -0.4 is 10.6 Å². The maximum Gasteiger partial charge on any atom is 0.191 e. The number of thioether (sulfide) groups is 1. The topological polar surface area (TPSA) is 48.9 Å². The maximum absolute atomic E-state index is 5.53. The Hall–Kier alpha value is -0.0300. The molecule has 0 saturated carbocycles. The lowest BCUT2D eigenvalue weighted by Gasteiger charge is -2.43. The molecule has 8 heteroatoms. The van der Waals surface area contributed by atoms with Crippen LogP contribution in [0.3, 0.4) is 0 Å². The van der Waals surface area contributed by atoms with E-state index in [9.17, 15) is 0 Å². The summed E-state index contributed by atoms with van der Waals surface area (Å²) in [7, 11) is 1.84. The highest BCUT2D eigenvalue weighted by atomic mass is 127. The molecule has 2 saturated heterocycles. The number of aliphatic imine (C=N–C) groups is 1. The third-order valence-corrected chi connectivity index (χ3v) is 6.58. The molecule has 0 bridgehead atoms. The summed E-state index contributed by atoms with van der Waals surface area (Å²) >= 11 is 3.79. The van der Waals surface area contributed by atoms with Crippen molar-refractivity contribution < 1.29 is 4.74 Å². The molecule has 0 amide bonds. The number of hydrogen-bond donors (Lipinski definition) is 2. The van der Waals surface area contributed by atoms with Crippen LogP contribution >= 0.6 is 47.1 Å². The summed E-state index contributed by atoms with van der Waals surface area (Å²) in [5.41, 5.74) is 1.55. The van der Waals surface area contributed by atoms with Gasteiger partial charge in [-0.1, -0.05) is 0 Å². The fraction of sp³-hybridized carbons (Fsp3) is 0.688. The fourth-order valence-corrected chi connectivity index (χ4v) is 5.33. The van der Waals surface area contributed by atoms with Gasteiger partial charge in [-0.25, -0.2) is 0 Å². The average Bonchev–Trinajstić information content (AvgIpc) is 3.28. The van der Waals surface area contributed by atoms with E-state index in [0.717, 1.165) is 45.4 Å². The van der Waals surface area contributed by atoms with Crippen LogP contribution in [-0.4, -0.2) is 67.8 Å². The Morgan fingerprint density at radius 3 is 2.83 bits per heavy atom. The Morgan fingerprint density at radius 1 is 1.38 bits per heavy atom. The lowest BCUT2D eigenvalue weighted by Crippen LogP contribution is -2.60. The SMILES string of the molecule is CN=C(NCc1ccsc1)NCC1(N2CCOCC2)CCSC1.I. The zero-order chi connectivity index (χ0) is 16.0. The Morgan fingerprint density at radius 2 is 2.21 bits per heavy atom. The molecule has 3 heterocycles. The molecule has 1 aromatic rings. The number of nitrogens with zero attached hydrogens (tertiary/aromatic N) is 2. The van der Waals surface area contributed by atoms with Gasteiger partial charge in [-0.05, 0) is 34.6 Å². The molecule has 0 spiro atoms. The normalized spacial score (nSPS) is 25.3. The first-order chi connectivity index (χ1) is 11.3. The molecular formula is C16H27IN4OS2. The van der Waals surface area contributed by atoms with E-state index >= 15 is 0 Å². The molecule has 2 aliphatic rings. The summed E-state index contributed by atoms with van der Waals surface area (Å²) in [4.78, 5) is 6.99. The summed E-state index contributed by atoms with van der Waals surface area (Å²) in [5.74, 6) is 3.34. The molecule has 1 aromatic heterocycles. The number of guanidine groups is 1. The van der Waals surface area contributed by atoms with Crippen LogP contribution in [0.4, 0.5) is 0 Å². The van der Waals surface area contributed by atoms with Gasteiger partial charge >= 0.3 is 0 Å². The third-order valence-electron chi connectivity index (χ3n) is 4.61. The lowest BCUT2D eigenvalue weighted by molar-refractivity contribution is -0.0120. The monoisotopic (exact) mass is 482 g/mol. The van der Waals surface area contributed by atoms with Crippen LogP contribution in [0.5, 0.6) is 0 Å². The van der Waals surface area contributed by atoms with Gasteiger partial charge in [-0.15, -0.1) is 24.0 Å². The summed E-state index contributed by atoms with van der Waals surface area (Å²) in [5, 5.41) is 11.2. The van der Waals surface area contributed by atoms with Crippen molar-refractivity contribution >= 4 is 53.0 Å². The van der Waals surface area contributed by atoms with Gasteiger partial charge in [0.15, 0.2) is 5.96 Å². The van der Waals surface area contributed by atoms with E-state index in [1.807, 2.05) is 7.05 Å². The van der Waals surface area contributed by atoms with Crippen molar-refractivity contribution in [1.29, 1.82) is 0 Å². The molecule has 1 unspecified atom stereocenters. The van der Waals surface area contributed by atoms with E-state index in [2.05, 4.69) is 49.1 Å². The zero-order valence-electron chi connectivity index (χ0n) is 14.1. The largest absolute Gasteiger partial charge is 0.379 e. The summed E-state index contributed by atoms with van der Waals surface area (Å²) in [6.07, 6.45) is 1.24. The molecule has 0 radical (unpaired) electrons. The van der Waals surface area contributed by atoms with E-state index in [-0.39, 0.29) is 29.5 Å². The van der Waals surface area contributed by atoms with Gasteiger partial charge in [-0.3, -0.25) is 9.89 Å². The molecular weight excluding hydrogens is 455 g/mol. The highest BCUT2D eigenvalue weighted by molar-refractivity contribution is 14.0.